The van der Waals surface area contributed by atoms with Crippen LogP contribution in [0.5, 0.6) is 0 Å². The minimum atomic E-state index is 0.742. The van der Waals surface area contributed by atoms with Crippen molar-refractivity contribution >= 4 is 0 Å². The second-order valence-corrected chi connectivity index (χ2v) is 6.39. The fraction of sp³-hybridized carbons (Fsp3) is 0.824. The summed E-state index contributed by atoms with van der Waals surface area (Å²) in [5.74, 6) is 1.79. The van der Waals surface area contributed by atoms with Gasteiger partial charge in [-0.2, -0.15) is 5.10 Å². The normalized spacial score (nSPS) is 26.9. The van der Waals surface area contributed by atoms with Crippen LogP contribution in [0.1, 0.15) is 58.1 Å². The van der Waals surface area contributed by atoms with Gasteiger partial charge in [0.25, 0.3) is 0 Å². The summed E-state index contributed by atoms with van der Waals surface area (Å²) >= 11 is 0. The molecule has 3 unspecified atom stereocenters. The third-order valence-corrected chi connectivity index (χ3v) is 5.02. The van der Waals surface area contributed by atoms with Gasteiger partial charge in [-0.3, -0.25) is 4.68 Å². The first kappa shape index (κ1) is 15.6. The number of nitrogens with zero attached hydrogens (tertiary/aromatic N) is 2. The van der Waals surface area contributed by atoms with Crippen LogP contribution in [0.2, 0.25) is 0 Å². The maximum Gasteiger partial charge on any atom is 0.0492 e. The molecule has 0 radical (unpaired) electrons. The van der Waals surface area contributed by atoms with E-state index in [0.29, 0.717) is 0 Å². The first-order valence-electron chi connectivity index (χ1n) is 8.44. The first-order chi connectivity index (χ1) is 9.74. The third-order valence-electron chi connectivity index (χ3n) is 5.02. The summed E-state index contributed by atoms with van der Waals surface area (Å²) in [4.78, 5) is 0. The zero-order chi connectivity index (χ0) is 14.4. The molecular formula is C17H31N3. The molecule has 2 rings (SSSR count). The van der Waals surface area contributed by atoms with Gasteiger partial charge in [0, 0.05) is 25.0 Å². The van der Waals surface area contributed by atoms with Gasteiger partial charge in [-0.1, -0.05) is 20.3 Å². The van der Waals surface area contributed by atoms with Gasteiger partial charge in [0.15, 0.2) is 0 Å². The van der Waals surface area contributed by atoms with Gasteiger partial charge in [-0.25, -0.2) is 0 Å². The van der Waals surface area contributed by atoms with Gasteiger partial charge >= 0.3 is 0 Å². The monoisotopic (exact) mass is 277 g/mol. The van der Waals surface area contributed by atoms with Crippen LogP contribution in [0, 0.1) is 11.8 Å². The summed E-state index contributed by atoms with van der Waals surface area (Å²) in [6.07, 6.45) is 11.2. The summed E-state index contributed by atoms with van der Waals surface area (Å²) in [6, 6.07) is 2.90. The summed E-state index contributed by atoms with van der Waals surface area (Å²) in [5, 5.41) is 8.07. The molecule has 1 saturated carbocycles. The second-order valence-electron chi connectivity index (χ2n) is 6.39. The van der Waals surface area contributed by atoms with E-state index in [1.165, 1.54) is 57.2 Å². The van der Waals surface area contributed by atoms with Gasteiger partial charge in [-0.05, 0) is 63.0 Å². The minimum Gasteiger partial charge on any atom is -0.314 e. The van der Waals surface area contributed by atoms with E-state index >= 15 is 0 Å². The summed E-state index contributed by atoms with van der Waals surface area (Å²) < 4.78 is 2.02. The van der Waals surface area contributed by atoms with Crippen LogP contribution in [-0.2, 0) is 13.5 Å². The predicted octanol–water partition coefficient (Wildman–Crippen LogP) is 3.55. The zero-order valence-electron chi connectivity index (χ0n) is 13.4. The molecule has 114 valence electrons. The molecule has 1 aliphatic carbocycles. The summed E-state index contributed by atoms with van der Waals surface area (Å²) in [7, 11) is 2.05. The molecule has 0 saturated heterocycles. The first-order valence-corrected chi connectivity index (χ1v) is 8.44. The maximum absolute atomic E-state index is 4.28. The van der Waals surface area contributed by atoms with Gasteiger partial charge in [0.2, 0.25) is 0 Å². The van der Waals surface area contributed by atoms with Crippen molar-refractivity contribution in [2.75, 3.05) is 6.54 Å². The zero-order valence-corrected chi connectivity index (χ0v) is 13.4. The Balaban J connectivity index is 1.90. The summed E-state index contributed by atoms with van der Waals surface area (Å²) in [5.41, 5.74) is 1.37. The average molecular weight is 277 g/mol. The number of nitrogens with one attached hydrogen (secondary N) is 1. The van der Waals surface area contributed by atoms with Crippen molar-refractivity contribution in [3.8, 4) is 0 Å². The quantitative estimate of drug-likeness (QED) is 0.826. The van der Waals surface area contributed by atoms with Crippen LogP contribution in [0.25, 0.3) is 0 Å². The van der Waals surface area contributed by atoms with Crippen molar-refractivity contribution in [3.05, 3.63) is 18.0 Å². The predicted molar refractivity (Wildman–Crippen MR) is 84.7 cm³/mol. The highest BCUT2D eigenvalue weighted by Gasteiger charge is 2.29. The molecule has 1 heterocycles. The molecule has 1 N–H and O–H groups in total. The number of rotatable bonds is 7. The lowest BCUT2D eigenvalue weighted by molar-refractivity contribution is 0.189. The Kier molecular flexibility index (Phi) is 6.08. The number of aryl methyl sites for hydroxylation is 2. The van der Waals surface area contributed by atoms with Gasteiger partial charge in [0.05, 0.1) is 0 Å². The number of hydrogen-bond donors (Lipinski definition) is 1. The highest BCUT2D eigenvalue weighted by atomic mass is 15.2. The Morgan fingerprint density at radius 2 is 2.20 bits per heavy atom. The standard InChI is InChI=1S/C17H31N3/c1-4-11-18-17-9-6-14(5-2)13-15(17)7-8-16-10-12-19-20(16)3/h10,12,14-15,17-18H,4-9,11,13H2,1-3H3. The molecule has 0 aromatic carbocycles. The molecule has 1 aromatic heterocycles. The topological polar surface area (TPSA) is 29.9 Å². The second kappa shape index (κ2) is 7.82. The van der Waals surface area contributed by atoms with E-state index in [1.54, 1.807) is 0 Å². The smallest absolute Gasteiger partial charge is 0.0492 e. The Morgan fingerprint density at radius 3 is 2.85 bits per heavy atom. The van der Waals surface area contributed by atoms with Crippen molar-refractivity contribution in [3.63, 3.8) is 0 Å². The third kappa shape index (κ3) is 4.08. The Hall–Kier alpha value is -0.830. The van der Waals surface area contributed by atoms with Gasteiger partial charge < -0.3 is 5.32 Å². The number of hydrogen-bond acceptors (Lipinski definition) is 2. The van der Waals surface area contributed by atoms with Gasteiger partial charge in [0.1, 0.15) is 0 Å². The summed E-state index contributed by atoms with van der Waals surface area (Å²) in [6.45, 7) is 5.78. The lowest BCUT2D eigenvalue weighted by Gasteiger charge is -2.36. The van der Waals surface area contributed by atoms with Crippen LogP contribution in [0.15, 0.2) is 12.3 Å². The lowest BCUT2D eigenvalue weighted by atomic mass is 9.75. The largest absolute Gasteiger partial charge is 0.314 e. The fourth-order valence-electron chi connectivity index (χ4n) is 3.63. The maximum atomic E-state index is 4.28. The SMILES string of the molecule is CCCNC1CCC(CC)CC1CCc1ccnn1C. The molecular weight excluding hydrogens is 246 g/mol. The lowest BCUT2D eigenvalue weighted by Crippen LogP contribution is -2.41. The highest BCUT2D eigenvalue weighted by Crippen LogP contribution is 2.34. The van der Waals surface area contributed by atoms with E-state index in [1.807, 2.05) is 10.9 Å². The molecule has 0 amide bonds. The Labute approximate surface area is 124 Å². The van der Waals surface area contributed by atoms with Crippen molar-refractivity contribution in [2.24, 2.45) is 18.9 Å². The molecule has 1 aromatic rings. The molecule has 3 heteroatoms. The Morgan fingerprint density at radius 1 is 1.35 bits per heavy atom. The van der Waals surface area contributed by atoms with Crippen molar-refractivity contribution in [2.45, 2.75) is 64.8 Å². The van der Waals surface area contributed by atoms with E-state index in [2.05, 4.69) is 37.4 Å². The van der Waals surface area contributed by atoms with E-state index in [0.717, 1.165) is 17.9 Å². The molecule has 0 spiro atoms. The van der Waals surface area contributed by atoms with Crippen LogP contribution in [0.3, 0.4) is 0 Å². The van der Waals surface area contributed by atoms with Crippen LogP contribution in [0.4, 0.5) is 0 Å². The fourth-order valence-corrected chi connectivity index (χ4v) is 3.63. The van der Waals surface area contributed by atoms with E-state index < -0.39 is 0 Å². The molecule has 20 heavy (non-hydrogen) atoms. The molecule has 3 nitrogen and oxygen atoms in total. The highest BCUT2D eigenvalue weighted by molar-refractivity contribution is 5.00. The molecule has 3 atom stereocenters. The average Bonchev–Trinajstić information content (AvgIpc) is 2.88. The Bertz CT molecular complexity index is 385. The van der Waals surface area contributed by atoms with E-state index in [4.69, 9.17) is 0 Å². The van der Waals surface area contributed by atoms with Crippen molar-refractivity contribution < 1.29 is 0 Å². The van der Waals surface area contributed by atoms with Crippen LogP contribution in [-0.4, -0.2) is 22.4 Å². The number of aromatic nitrogens is 2. The minimum absolute atomic E-state index is 0.742. The van der Waals surface area contributed by atoms with Crippen molar-refractivity contribution in [1.82, 2.24) is 15.1 Å². The van der Waals surface area contributed by atoms with Gasteiger partial charge in [-0.15, -0.1) is 0 Å². The van der Waals surface area contributed by atoms with E-state index in [-0.39, 0.29) is 0 Å². The molecule has 1 aliphatic rings. The van der Waals surface area contributed by atoms with E-state index in [9.17, 15) is 0 Å². The molecule has 0 bridgehead atoms. The van der Waals surface area contributed by atoms with Crippen LogP contribution >= 0.6 is 0 Å². The molecule has 0 aliphatic heterocycles. The molecule has 1 fully saturated rings. The van der Waals surface area contributed by atoms with Crippen LogP contribution < -0.4 is 5.32 Å². The van der Waals surface area contributed by atoms with Crippen molar-refractivity contribution in [1.29, 1.82) is 0 Å².